The Morgan fingerprint density at radius 1 is 0.655 bits per heavy atom. The van der Waals surface area contributed by atoms with Crippen molar-refractivity contribution in [3.63, 3.8) is 0 Å². The zero-order chi connectivity index (χ0) is 44.1. The number of carboxylic acid groups (broad SMARTS) is 2. The molecule has 0 aromatic heterocycles. The molecule has 0 spiro atoms. The molecule has 0 aliphatic heterocycles. The van der Waals surface area contributed by atoms with Crippen LogP contribution in [0.25, 0.3) is 0 Å². The number of hydrogen-bond acceptors (Lipinski definition) is 13. The number of carboxylic acids is 2. The highest BCUT2D eigenvalue weighted by Gasteiger charge is 2.04. The molecule has 58 heavy (non-hydrogen) atoms. The van der Waals surface area contributed by atoms with Gasteiger partial charge >= 0.3 is 24.1 Å². The molecule has 0 radical (unpaired) electrons. The van der Waals surface area contributed by atoms with E-state index in [4.69, 9.17) is 46.4 Å². The number of anilines is 3. The van der Waals surface area contributed by atoms with Gasteiger partial charge in [0.05, 0.1) is 33.2 Å². The van der Waals surface area contributed by atoms with E-state index in [1.807, 2.05) is 76.4 Å². The summed E-state index contributed by atoms with van der Waals surface area (Å²) in [6, 6.07) is 19.8. The van der Waals surface area contributed by atoms with E-state index in [1.165, 1.54) is 35.8 Å². The minimum atomic E-state index is -0.975. The number of aromatic carboxylic acids is 2. The molecule has 0 bridgehead atoms. The topological polar surface area (TPSA) is 314 Å². The van der Waals surface area contributed by atoms with Crippen molar-refractivity contribution in [3.8, 4) is 0 Å². The van der Waals surface area contributed by atoms with Gasteiger partial charge < -0.3 is 62.9 Å². The third kappa shape index (κ3) is 31.8. The van der Waals surface area contributed by atoms with Crippen molar-refractivity contribution in [1.82, 2.24) is 10.6 Å². The van der Waals surface area contributed by atoms with Gasteiger partial charge in [0.2, 0.25) is 11.8 Å². The fourth-order valence-electron chi connectivity index (χ4n) is 3.29. The molecule has 19 nitrogen and oxygen atoms in total. The van der Waals surface area contributed by atoms with Crippen molar-refractivity contribution in [2.24, 2.45) is 11.5 Å². The molecule has 0 atom stereocenters. The smallest absolute Gasteiger partial charge is 0.407 e. The van der Waals surface area contributed by atoms with E-state index in [1.54, 1.807) is 24.3 Å². The lowest BCUT2D eigenvalue weighted by atomic mass is 10.2. The number of benzene rings is 3. The van der Waals surface area contributed by atoms with Crippen molar-refractivity contribution in [3.05, 3.63) is 96.1 Å². The molecule has 3 aromatic rings. The molecular weight excluding hydrogens is 988 g/mol. The number of nitrogens with one attached hydrogen (secondary N) is 4. The number of nitrogens with two attached hydrogens (primary N) is 3. The Morgan fingerprint density at radius 2 is 1.00 bits per heavy atom. The van der Waals surface area contributed by atoms with Gasteiger partial charge in [-0.2, -0.15) is 0 Å². The lowest BCUT2D eigenvalue weighted by Gasteiger charge is -2.08. The van der Waals surface area contributed by atoms with Crippen LogP contribution in [-0.4, -0.2) is 114 Å². The van der Waals surface area contributed by atoms with E-state index in [0.29, 0.717) is 46.4 Å². The van der Waals surface area contributed by atoms with E-state index < -0.39 is 24.1 Å². The number of aryl methyl sites for hydroxylation is 1. The maximum Gasteiger partial charge on any atom is 0.407 e. The monoisotopic (exact) mass is 1040 g/mol. The van der Waals surface area contributed by atoms with Crippen LogP contribution >= 0.6 is 45.2 Å². The minimum absolute atomic E-state index is 0.0412. The van der Waals surface area contributed by atoms with Gasteiger partial charge in [0.15, 0.2) is 0 Å². The maximum absolute atomic E-state index is 11.0. The van der Waals surface area contributed by atoms with Crippen LogP contribution in [0.5, 0.6) is 0 Å². The number of rotatable bonds is 16. The molecular formula is C37H49I2N7O12. The Morgan fingerprint density at radius 3 is 1.33 bits per heavy atom. The predicted octanol–water partition coefficient (Wildman–Crippen LogP) is 3.47. The van der Waals surface area contributed by atoms with Crippen LogP contribution in [0.3, 0.4) is 0 Å². The number of alkyl carbamates (subject to hydrolysis) is 2. The molecule has 3 aromatic carbocycles. The SMILES string of the molecule is C=C=O.Cc1ccc(NC(=O)CI)cc1.NCCNC(=O)OCCOCCOC(=O)NCCN.Nc1ccc(C(=O)O)cc1.O=C(CI)Nc1ccc(C(=O)O)cc1. The van der Waals surface area contributed by atoms with Crippen LogP contribution in [0.1, 0.15) is 26.3 Å². The van der Waals surface area contributed by atoms with Gasteiger partial charge in [0.1, 0.15) is 19.2 Å². The molecule has 318 valence electrons. The third-order valence-electron chi connectivity index (χ3n) is 5.90. The first-order valence-electron chi connectivity index (χ1n) is 16.8. The predicted molar refractivity (Wildman–Crippen MR) is 236 cm³/mol. The average molecular weight is 1040 g/mol. The fourth-order valence-corrected chi connectivity index (χ4v) is 3.67. The second-order valence-corrected chi connectivity index (χ2v) is 12.0. The molecule has 0 aliphatic carbocycles. The van der Waals surface area contributed by atoms with Crippen LogP contribution in [-0.2, 0) is 28.6 Å². The van der Waals surface area contributed by atoms with Crippen LogP contribution in [0.15, 0.2) is 79.4 Å². The number of halogens is 2. The van der Waals surface area contributed by atoms with E-state index >= 15 is 0 Å². The number of carbonyl (C=O) groups is 6. The molecule has 0 aliphatic rings. The largest absolute Gasteiger partial charge is 0.478 e. The highest BCUT2D eigenvalue weighted by molar-refractivity contribution is 14.1. The number of hydrogen-bond donors (Lipinski definition) is 9. The molecule has 4 amide bonds. The Labute approximate surface area is 363 Å². The van der Waals surface area contributed by atoms with Crippen LogP contribution in [0.4, 0.5) is 26.7 Å². The van der Waals surface area contributed by atoms with E-state index in [-0.39, 0.29) is 49.4 Å². The molecule has 0 unspecified atom stereocenters. The lowest BCUT2D eigenvalue weighted by Crippen LogP contribution is -2.31. The number of nitrogen functional groups attached to an aromatic ring is 1. The summed E-state index contributed by atoms with van der Waals surface area (Å²) in [7, 11) is 0. The molecule has 3 rings (SSSR count). The van der Waals surface area contributed by atoms with Crippen molar-refractivity contribution >= 4 is 104 Å². The van der Waals surface area contributed by atoms with Gasteiger partial charge in [-0.05, 0) is 74.2 Å². The van der Waals surface area contributed by atoms with Gasteiger partial charge in [-0.15, -0.1) is 0 Å². The van der Waals surface area contributed by atoms with Crippen molar-refractivity contribution in [2.75, 3.05) is 77.8 Å². The highest BCUT2D eigenvalue weighted by atomic mass is 127. The maximum atomic E-state index is 11.0. The summed E-state index contributed by atoms with van der Waals surface area (Å²) in [4.78, 5) is 73.2. The second-order valence-electron chi connectivity index (χ2n) is 10.5. The number of amides is 4. The zero-order valence-electron chi connectivity index (χ0n) is 31.7. The first kappa shape index (κ1) is 54.8. The van der Waals surface area contributed by atoms with Crippen molar-refractivity contribution < 1.29 is 58.0 Å². The Kier molecular flexibility index (Phi) is 34.0. The lowest BCUT2D eigenvalue weighted by molar-refractivity contribution is -0.114. The fraction of sp³-hybridized carbons (Fsp3) is 0.297. The van der Waals surface area contributed by atoms with E-state index in [9.17, 15) is 28.8 Å². The summed E-state index contributed by atoms with van der Waals surface area (Å²) in [6.45, 7) is 6.84. The number of ether oxygens (including phenoxy) is 3. The molecule has 0 saturated carbocycles. The highest BCUT2D eigenvalue weighted by Crippen LogP contribution is 2.10. The third-order valence-corrected chi connectivity index (χ3v) is 7.29. The Bertz CT molecular complexity index is 1650. The second kappa shape index (κ2) is 36.0. The molecule has 0 fully saturated rings. The summed E-state index contributed by atoms with van der Waals surface area (Å²) in [5.41, 5.74) is 19.4. The summed E-state index contributed by atoms with van der Waals surface area (Å²) in [6.07, 6.45) is -1.07. The van der Waals surface area contributed by atoms with Crippen LogP contribution in [0.2, 0.25) is 0 Å². The first-order chi connectivity index (χ1) is 27.7. The average Bonchev–Trinajstić information content (AvgIpc) is 3.21. The van der Waals surface area contributed by atoms with Gasteiger partial charge in [-0.1, -0.05) is 62.9 Å². The van der Waals surface area contributed by atoms with Crippen molar-refractivity contribution in [1.29, 1.82) is 0 Å². The molecule has 12 N–H and O–H groups in total. The normalized spacial score (nSPS) is 9.19. The summed E-state index contributed by atoms with van der Waals surface area (Å²) >= 11 is 3.99. The van der Waals surface area contributed by atoms with E-state index in [2.05, 4.69) is 27.8 Å². The van der Waals surface area contributed by atoms with E-state index in [0.717, 1.165) is 5.69 Å². The molecule has 0 saturated heterocycles. The summed E-state index contributed by atoms with van der Waals surface area (Å²) < 4.78 is 15.5. The first-order valence-corrected chi connectivity index (χ1v) is 19.9. The zero-order valence-corrected chi connectivity index (χ0v) is 36.0. The van der Waals surface area contributed by atoms with Gasteiger partial charge in [0, 0.05) is 43.2 Å². The van der Waals surface area contributed by atoms with Crippen LogP contribution < -0.4 is 38.5 Å². The Balaban J connectivity index is 0. The van der Waals surface area contributed by atoms with Crippen LogP contribution in [0, 0.1) is 6.92 Å². The molecule has 0 heterocycles. The number of carbonyl (C=O) groups excluding carboxylic acids is 5. The number of alkyl halides is 2. The Hall–Kier alpha value is -5.33. The summed E-state index contributed by atoms with van der Waals surface area (Å²) in [5, 5.41) is 27.3. The molecule has 21 heteroatoms. The standard InChI is InChI=1S/C10H22N4O5.C9H8INO3.C9H10INO.C7H7NO2.C2H2O/c11-1-3-13-9(15)18-7-5-17-6-8-19-10(16)14-4-2-12;10-5-8(12)11-7-3-1-6(2-4-7)9(13)14;1-7-2-4-8(5-3-7)11-9(12)6-10;8-6-3-1-5(2-4-6)7(9)10;1-2-3/h1-8,11-12H2,(H,13,15)(H,14,16);1-4H,5H2,(H,11,12)(H,13,14);2-5H,6H2,1H3,(H,11,12);1-4H,8H2,(H,9,10);1H2. The minimum Gasteiger partial charge on any atom is -0.478 e. The van der Waals surface area contributed by atoms with Crippen molar-refractivity contribution in [2.45, 2.75) is 6.92 Å². The quantitative estimate of drug-likeness (QED) is 0.0326. The summed E-state index contributed by atoms with van der Waals surface area (Å²) in [5.74, 6) is -0.718. The van der Waals surface area contributed by atoms with Gasteiger partial charge in [-0.3, -0.25) is 9.59 Å². The van der Waals surface area contributed by atoms with Gasteiger partial charge in [-0.25, -0.2) is 24.0 Å². The van der Waals surface area contributed by atoms with Gasteiger partial charge in [0.25, 0.3) is 0 Å².